The third-order valence-corrected chi connectivity index (χ3v) is 4.29. The topological polar surface area (TPSA) is 128 Å². The van der Waals surface area contributed by atoms with E-state index in [1.54, 1.807) is 13.0 Å². The lowest BCUT2D eigenvalue weighted by Gasteiger charge is -2.09. The van der Waals surface area contributed by atoms with E-state index in [0.717, 1.165) is 7.11 Å². The molecule has 0 aliphatic carbocycles. The predicted octanol–water partition coefficient (Wildman–Crippen LogP) is 0.626. The molecule has 10 heteroatoms. The maximum absolute atomic E-state index is 12.1. The first-order valence-corrected chi connectivity index (χ1v) is 8.45. The molecule has 1 aromatic rings. The van der Waals surface area contributed by atoms with Gasteiger partial charge in [-0.25, -0.2) is 8.42 Å². The molecule has 1 amide bonds. The first-order chi connectivity index (χ1) is 10.7. The van der Waals surface area contributed by atoms with E-state index in [1.807, 2.05) is 0 Å². The second-order valence-electron chi connectivity index (χ2n) is 4.99. The van der Waals surface area contributed by atoms with Crippen LogP contribution in [0.25, 0.3) is 0 Å². The van der Waals surface area contributed by atoms with Crippen molar-refractivity contribution in [3.05, 3.63) is 24.3 Å². The highest BCUT2D eigenvalue weighted by molar-refractivity contribution is 7.89. The molecule has 1 aromatic carbocycles. The highest BCUT2D eigenvalue weighted by atomic mass is 35.5. The van der Waals surface area contributed by atoms with Crippen LogP contribution in [0.5, 0.6) is 0 Å². The van der Waals surface area contributed by atoms with Crippen molar-refractivity contribution in [1.82, 2.24) is 4.72 Å². The summed E-state index contributed by atoms with van der Waals surface area (Å²) < 4.78 is 30.6. The number of nitrogens with two attached hydrogens (primary N) is 1. The molecule has 0 aliphatic rings. The largest absolute Gasteiger partial charge is 0.468 e. The first kappa shape index (κ1) is 22.3. The lowest BCUT2D eigenvalue weighted by molar-refractivity contribution is -0.139. The third-order valence-electron chi connectivity index (χ3n) is 2.89. The first-order valence-electron chi connectivity index (χ1n) is 6.96. The molecule has 24 heavy (non-hydrogen) atoms. The van der Waals surface area contributed by atoms with Gasteiger partial charge in [0.2, 0.25) is 15.9 Å². The summed E-state index contributed by atoms with van der Waals surface area (Å²) in [5.41, 5.74) is 5.93. The molecule has 0 bridgehead atoms. The molecule has 0 aromatic heterocycles. The van der Waals surface area contributed by atoms with Crippen molar-refractivity contribution in [3.8, 4) is 0 Å². The number of halogens is 1. The van der Waals surface area contributed by atoms with Gasteiger partial charge < -0.3 is 15.8 Å². The Kier molecular flexibility index (Phi) is 9.52. The summed E-state index contributed by atoms with van der Waals surface area (Å²) in [6, 6.07) is 5.65. The second kappa shape index (κ2) is 10.2. The normalized spacial score (nSPS) is 12.0. The Balaban J connectivity index is 0.00000529. The van der Waals surface area contributed by atoms with Gasteiger partial charge in [-0.15, -0.1) is 12.4 Å². The molecule has 8 nitrogen and oxygen atoms in total. The van der Waals surface area contributed by atoms with E-state index in [-0.39, 0.29) is 35.7 Å². The van der Waals surface area contributed by atoms with Crippen molar-refractivity contribution in [3.63, 3.8) is 0 Å². The van der Waals surface area contributed by atoms with Crippen LogP contribution in [0.3, 0.4) is 0 Å². The van der Waals surface area contributed by atoms with E-state index in [4.69, 9.17) is 5.73 Å². The van der Waals surface area contributed by atoms with Gasteiger partial charge in [0.25, 0.3) is 0 Å². The maximum atomic E-state index is 12.1. The molecule has 0 aliphatic heterocycles. The molecular weight excluding hydrogens is 358 g/mol. The van der Waals surface area contributed by atoms with Crippen LogP contribution in [0.2, 0.25) is 0 Å². The summed E-state index contributed by atoms with van der Waals surface area (Å²) in [4.78, 5) is 22.7. The van der Waals surface area contributed by atoms with Crippen LogP contribution in [-0.2, 0) is 24.3 Å². The van der Waals surface area contributed by atoms with Gasteiger partial charge in [-0.1, -0.05) is 6.07 Å². The third kappa shape index (κ3) is 7.73. The lowest BCUT2D eigenvalue weighted by atomic mass is 10.2. The SMILES string of the molecule is COC(=O)CNS(=O)(=O)c1cccc(NC(=O)CCC(C)N)c1.Cl. The Morgan fingerprint density at radius 3 is 2.58 bits per heavy atom. The Bertz CT molecular complexity index is 664. The van der Waals surface area contributed by atoms with Crippen LogP contribution in [0.15, 0.2) is 29.2 Å². The minimum absolute atomic E-state index is 0. The van der Waals surface area contributed by atoms with Crippen LogP contribution < -0.4 is 15.8 Å². The Labute approximate surface area is 147 Å². The quantitative estimate of drug-likeness (QED) is 0.568. The number of amides is 1. The highest BCUT2D eigenvalue weighted by Crippen LogP contribution is 2.15. The fourth-order valence-corrected chi connectivity index (χ4v) is 2.65. The summed E-state index contributed by atoms with van der Waals surface area (Å²) in [6.45, 7) is 1.33. The molecule has 0 heterocycles. The summed E-state index contributed by atoms with van der Waals surface area (Å²) >= 11 is 0. The van der Waals surface area contributed by atoms with E-state index in [9.17, 15) is 18.0 Å². The molecule has 1 atom stereocenters. The van der Waals surface area contributed by atoms with Gasteiger partial charge in [0.1, 0.15) is 6.54 Å². The van der Waals surface area contributed by atoms with Gasteiger partial charge in [-0.2, -0.15) is 4.72 Å². The van der Waals surface area contributed by atoms with Crippen molar-refractivity contribution in [1.29, 1.82) is 0 Å². The number of methoxy groups -OCH3 is 1. The minimum atomic E-state index is -3.87. The zero-order valence-electron chi connectivity index (χ0n) is 13.4. The van der Waals surface area contributed by atoms with Gasteiger partial charge in [-0.05, 0) is 31.5 Å². The van der Waals surface area contributed by atoms with Gasteiger partial charge in [-0.3, -0.25) is 9.59 Å². The number of hydrogen-bond acceptors (Lipinski definition) is 6. The number of carbonyl (C=O) groups excluding carboxylic acids is 2. The number of nitrogens with one attached hydrogen (secondary N) is 2. The fraction of sp³-hybridized carbons (Fsp3) is 0.429. The van der Waals surface area contributed by atoms with Crippen molar-refractivity contribution in [2.24, 2.45) is 5.73 Å². The smallest absolute Gasteiger partial charge is 0.320 e. The maximum Gasteiger partial charge on any atom is 0.320 e. The molecule has 1 unspecified atom stereocenters. The van der Waals surface area contributed by atoms with Crippen molar-refractivity contribution in [2.75, 3.05) is 19.0 Å². The Hall–Kier alpha value is -1.68. The molecule has 0 spiro atoms. The minimum Gasteiger partial charge on any atom is -0.468 e. The number of hydrogen-bond donors (Lipinski definition) is 3. The molecule has 0 saturated heterocycles. The molecule has 1 rings (SSSR count). The number of benzene rings is 1. The Morgan fingerprint density at radius 2 is 2.00 bits per heavy atom. The van der Waals surface area contributed by atoms with Gasteiger partial charge in [0.05, 0.1) is 12.0 Å². The average Bonchev–Trinajstić information content (AvgIpc) is 2.51. The summed E-state index contributed by atoms with van der Waals surface area (Å²) in [5.74, 6) is -0.951. The van der Waals surface area contributed by atoms with E-state index in [2.05, 4.69) is 14.8 Å². The van der Waals surface area contributed by atoms with Crippen molar-refractivity contribution >= 4 is 40.0 Å². The lowest BCUT2D eigenvalue weighted by Crippen LogP contribution is -2.30. The van der Waals surface area contributed by atoms with Crippen LogP contribution in [0.1, 0.15) is 19.8 Å². The predicted molar refractivity (Wildman–Crippen MR) is 92.4 cm³/mol. The Morgan fingerprint density at radius 1 is 1.33 bits per heavy atom. The van der Waals surface area contributed by atoms with E-state index in [0.29, 0.717) is 12.1 Å². The summed E-state index contributed by atoms with van der Waals surface area (Å²) in [5, 5.41) is 2.61. The van der Waals surface area contributed by atoms with Crippen molar-refractivity contribution in [2.45, 2.75) is 30.7 Å². The van der Waals surface area contributed by atoms with Crippen molar-refractivity contribution < 1.29 is 22.7 Å². The van der Waals surface area contributed by atoms with Gasteiger partial charge in [0.15, 0.2) is 0 Å². The molecule has 136 valence electrons. The number of carbonyl (C=O) groups is 2. The number of sulfonamides is 1. The van der Waals surface area contributed by atoms with Crippen LogP contribution in [0, 0.1) is 0 Å². The fourth-order valence-electron chi connectivity index (χ4n) is 1.63. The molecule has 0 fully saturated rings. The van der Waals surface area contributed by atoms with Crippen LogP contribution in [-0.4, -0.2) is 40.0 Å². The monoisotopic (exact) mass is 379 g/mol. The molecule has 0 radical (unpaired) electrons. The molecule has 4 N–H and O–H groups in total. The van der Waals surface area contributed by atoms with E-state index < -0.39 is 22.5 Å². The van der Waals surface area contributed by atoms with Crippen LogP contribution in [0.4, 0.5) is 5.69 Å². The summed E-state index contributed by atoms with van der Waals surface area (Å²) in [6.07, 6.45) is 0.778. The molecule has 0 saturated carbocycles. The number of rotatable bonds is 8. The van der Waals surface area contributed by atoms with Gasteiger partial charge >= 0.3 is 5.97 Å². The van der Waals surface area contributed by atoms with E-state index >= 15 is 0 Å². The number of anilines is 1. The molecular formula is C14H22ClN3O5S. The summed E-state index contributed by atoms with van der Waals surface area (Å²) in [7, 11) is -2.71. The van der Waals surface area contributed by atoms with E-state index in [1.165, 1.54) is 18.2 Å². The highest BCUT2D eigenvalue weighted by Gasteiger charge is 2.16. The second-order valence-corrected chi connectivity index (χ2v) is 6.76. The number of esters is 1. The van der Waals surface area contributed by atoms with Crippen LogP contribution >= 0.6 is 12.4 Å². The standard InChI is InChI=1S/C14H21N3O5S.ClH/c1-10(15)6-7-13(18)17-11-4-3-5-12(8-11)23(20,21)16-9-14(19)22-2;/h3-5,8,10,16H,6-7,9,15H2,1-2H3,(H,17,18);1H. The zero-order chi connectivity index (χ0) is 17.5. The van der Waals surface area contributed by atoms with Gasteiger partial charge in [0, 0.05) is 18.2 Å². The zero-order valence-corrected chi connectivity index (χ0v) is 15.1. The average molecular weight is 380 g/mol. The number of ether oxygens (including phenoxy) is 1.